The first-order valence-electron chi connectivity index (χ1n) is 14.1. The lowest BCUT2D eigenvalue weighted by Crippen LogP contribution is -2.32. The Bertz CT molecular complexity index is 1440. The third-order valence-corrected chi connectivity index (χ3v) is 6.04. The number of amides is 4. The molecule has 1 aliphatic rings. The number of hydrogen-bond acceptors (Lipinski definition) is 14. The van der Waals surface area contributed by atoms with Gasteiger partial charge in [0.1, 0.15) is 11.4 Å². The molecule has 0 aromatic carbocycles. The van der Waals surface area contributed by atoms with Gasteiger partial charge in [-0.05, 0) is 30.7 Å². The summed E-state index contributed by atoms with van der Waals surface area (Å²) in [6, 6.07) is 8.58. The van der Waals surface area contributed by atoms with Crippen molar-refractivity contribution >= 4 is 35.3 Å². The highest BCUT2D eigenvalue weighted by molar-refractivity contribution is 6.01. The van der Waals surface area contributed by atoms with E-state index in [0.29, 0.717) is 28.6 Å². The van der Waals surface area contributed by atoms with E-state index < -0.39 is 17.8 Å². The van der Waals surface area contributed by atoms with Crippen molar-refractivity contribution in [3.05, 3.63) is 42.7 Å². The molecule has 4 amide bonds. The van der Waals surface area contributed by atoms with Crippen LogP contribution in [-0.2, 0) is 38.3 Å². The summed E-state index contributed by atoms with van der Waals surface area (Å²) in [6.07, 6.45) is 3.49. The summed E-state index contributed by atoms with van der Waals surface area (Å²) in [4.78, 5) is 72.0. The van der Waals surface area contributed by atoms with Crippen molar-refractivity contribution in [2.24, 2.45) is 0 Å². The molecule has 0 bridgehead atoms. The van der Waals surface area contributed by atoms with Crippen molar-refractivity contribution in [2.75, 3.05) is 38.3 Å². The van der Waals surface area contributed by atoms with Crippen LogP contribution in [0.15, 0.2) is 42.7 Å². The van der Waals surface area contributed by atoms with Gasteiger partial charge < -0.3 is 24.9 Å². The molecule has 3 aromatic rings. The Morgan fingerprint density at radius 3 is 2.07 bits per heavy atom. The summed E-state index contributed by atoms with van der Waals surface area (Å²) in [5, 5.41) is 22.0. The summed E-state index contributed by atoms with van der Waals surface area (Å²) in [5.41, 5.74) is 1.41. The maximum absolute atomic E-state index is 12.2. The average molecular weight is 622 g/mol. The molecule has 2 N–H and O–H groups in total. The first-order valence-corrected chi connectivity index (χ1v) is 14.1. The first-order chi connectivity index (χ1) is 21.9. The Kier molecular flexibility index (Phi) is 12.4. The predicted octanol–water partition coefficient (Wildman–Crippen LogP) is 0.646. The zero-order valence-corrected chi connectivity index (χ0v) is 24.2. The van der Waals surface area contributed by atoms with Crippen molar-refractivity contribution in [3.63, 3.8) is 0 Å². The van der Waals surface area contributed by atoms with Crippen LogP contribution in [0.1, 0.15) is 38.5 Å². The van der Waals surface area contributed by atoms with E-state index in [9.17, 15) is 24.0 Å². The smallest absolute Gasteiger partial charge is 0.333 e. The van der Waals surface area contributed by atoms with Gasteiger partial charge in [-0.15, -0.1) is 25.5 Å². The molecular formula is C28H31N9O8. The highest BCUT2D eigenvalue weighted by Gasteiger charge is 2.32. The molecule has 1 saturated heterocycles. The van der Waals surface area contributed by atoms with E-state index in [2.05, 4.69) is 41.0 Å². The maximum Gasteiger partial charge on any atom is 0.333 e. The molecular weight excluding hydrogens is 590 g/mol. The monoisotopic (exact) mass is 621 g/mol. The number of nitrogens with one attached hydrogen (secondary N) is 2. The molecule has 0 radical (unpaired) electrons. The van der Waals surface area contributed by atoms with Gasteiger partial charge in [-0.1, -0.05) is 6.07 Å². The molecule has 0 unspecified atom stereocenters. The number of hydroxylamine groups is 2. The van der Waals surface area contributed by atoms with Crippen LogP contribution in [0.3, 0.4) is 0 Å². The largest absolute Gasteiger partial charge is 0.379 e. The summed E-state index contributed by atoms with van der Waals surface area (Å²) < 4.78 is 10.7. The van der Waals surface area contributed by atoms with E-state index in [0.717, 1.165) is 0 Å². The van der Waals surface area contributed by atoms with E-state index in [1.807, 2.05) is 0 Å². The van der Waals surface area contributed by atoms with Crippen molar-refractivity contribution in [1.29, 1.82) is 0 Å². The fourth-order valence-electron chi connectivity index (χ4n) is 3.78. The number of carbonyl (C=O) groups is 5. The average Bonchev–Trinajstić information content (AvgIpc) is 3.37. The maximum atomic E-state index is 12.2. The number of hydrogen-bond donors (Lipinski definition) is 2. The number of imide groups is 1. The van der Waals surface area contributed by atoms with Crippen molar-refractivity contribution in [1.82, 2.24) is 40.7 Å². The quantitative estimate of drug-likeness (QED) is 0.156. The van der Waals surface area contributed by atoms with Crippen LogP contribution in [0, 0.1) is 0 Å². The number of pyridine rings is 2. The molecule has 236 valence electrons. The van der Waals surface area contributed by atoms with Gasteiger partial charge >= 0.3 is 5.97 Å². The summed E-state index contributed by atoms with van der Waals surface area (Å²) in [5.74, 6) is -1.86. The number of nitrogens with zero attached hydrogens (tertiary/aromatic N) is 7. The Morgan fingerprint density at radius 1 is 0.756 bits per heavy atom. The van der Waals surface area contributed by atoms with Gasteiger partial charge in [-0.2, -0.15) is 0 Å². The normalized spacial score (nSPS) is 12.7. The molecule has 17 nitrogen and oxygen atoms in total. The lowest BCUT2D eigenvalue weighted by Gasteiger charge is -2.12. The van der Waals surface area contributed by atoms with E-state index in [-0.39, 0.29) is 88.5 Å². The lowest BCUT2D eigenvalue weighted by atomic mass is 10.2. The molecule has 3 aromatic heterocycles. The molecule has 17 heteroatoms. The van der Waals surface area contributed by atoms with Gasteiger partial charge in [0.2, 0.25) is 23.5 Å². The zero-order valence-electron chi connectivity index (χ0n) is 24.2. The molecule has 0 aliphatic carbocycles. The number of ether oxygens (including phenoxy) is 2. The third kappa shape index (κ3) is 10.7. The summed E-state index contributed by atoms with van der Waals surface area (Å²) in [6.45, 7) is 1.34. The van der Waals surface area contributed by atoms with Gasteiger partial charge in [-0.25, -0.2) is 4.79 Å². The van der Waals surface area contributed by atoms with Gasteiger partial charge in [0, 0.05) is 45.0 Å². The highest BCUT2D eigenvalue weighted by atomic mass is 16.7. The number of aromatic nitrogens is 6. The van der Waals surface area contributed by atoms with Crippen LogP contribution >= 0.6 is 0 Å². The minimum absolute atomic E-state index is 0.000399. The number of anilines is 1. The first kappa shape index (κ1) is 32.6. The van der Waals surface area contributed by atoms with Gasteiger partial charge in [-0.3, -0.25) is 29.1 Å². The number of rotatable bonds is 17. The molecule has 45 heavy (non-hydrogen) atoms. The molecule has 0 saturated carbocycles. The fourth-order valence-corrected chi connectivity index (χ4v) is 3.78. The van der Waals surface area contributed by atoms with Gasteiger partial charge in [0.15, 0.2) is 0 Å². The lowest BCUT2D eigenvalue weighted by molar-refractivity contribution is -0.197. The standard InChI is InChI=1S/C28H31N9O8/c38-22(30-13-15-44-17-16-43-14-3-5-26(42)45-37-24(40)10-11-25(37)41)8-9-23(39)32-19-6-7-21(31-18-19)28-35-33-27(34-36-28)20-4-1-2-12-29-20/h1-2,4,6-7,12,18H,3,5,8-11,13-17H2,(H,30,38)(H,32,39). The Morgan fingerprint density at radius 2 is 1.42 bits per heavy atom. The van der Waals surface area contributed by atoms with Crippen LogP contribution < -0.4 is 10.6 Å². The van der Waals surface area contributed by atoms with Crippen molar-refractivity contribution in [3.8, 4) is 23.0 Å². The van der Waals surface area contributed by atoms with Crippen molar-refractivity contribution in [2.45, 2.75) is 38.5 Å². The molecule has 4 heterocycles. The molecule has 0 atom stereocenters. The third-order valence-electron chi connectivity index (χ3n) is 6.04. The Balaban J connectivity index is 1.00. The Hall–Kier alpha value is -5.29. The van der Waals surface area contributed by atoms with Crippen LogP contribution in [-0.4, -0.2) is 98.0 Å². The van der Waals surface area contributed by atoms with Crippen LogP contribution in [0.5, 0.6) is 0 Å². The zero-order chi connectivity index (χ0) is 31.9. The van der Waals surface area contributed by atoms with E-state index in [1.165, 1.54) is 6.20 Å². The molecule has 1 fully saturated rings. The van der Waals surface area contributed by atoms with Crippen LogP contribution in [0.2, 0.25) is 0 Å². The molecule has 0 spiro atoms. The predicted molar refractivity (Wildman–Crippen MR) is 153 cm³/mol. The molecule has 1 aliphatic heterocycles. The second-order valence-electron chi connectivity index (χ2n) is 9.47. The van der Waals surface area contributed by atoms with Crippen molar-refractivity contribution < 1.29 is 38.3 Å². The Labute approximate surface area is 257 Å². The van der Waals surface area contributed by atoms with Crippen LogP contribution in [0.25, 0.3) is 23.0 Å². The fraction of sp³-hybridized carbons (Fsp3) is 0.393. The van der Waals surface area contributed by atoms with Gasteiger partial charge in [0.05, 0.1) is 38.1 Å². The summed E-state index contributed by atoms with van der Waals surface area (Å²) in [7, 11) is 0. The molecule has 4 rings (SSSR count). The SMILES string of the molecule is O=C(CCC(=O)Nc1ccc(-c2nnc(-c3ccccn3)nn2)nc1)NCCOCCOCCCC(=O)ON1C(=O)CCC1=O. The minimum Gasteiger partial charge on any atom is -0.379 e. The van der Waals surface area contributed by atoms with E-state index in [1.54, 1.807) is 36.5 Å². The second-order valence-corrected chi connectivity index (χ2v) is 9.47. The van der Waals surface area contributed by atoms with E-state index >= 15 is 0 Å². The topological polar surface area (TPSA) is 218 Å². The highest BCUT2D eigenvalue weighted by Crippen LogP contribution is 2.16. The number of carbonyl (C=O) groups excluding carboxylic acids is 5. The second kappa shape index (κ2) is 17.1. The van der Waals surface area contributed by atoms with Gasteiger partial charge in [0.25, 0.3) is 11.8 Å². The summed E-state index contributed by atoms with van der Waals surface area (Å²) >= 11 is 0. The van der Waals surface area contributed by atoms with E-state index in [4.69, 9.17) is 14.3 Å². The minimum atomic E-state index is -0.677. The van der Waals surface area contributed by atoms with Crippen LogP contribution in [0.4, 0.5) is 5.69 Å².